The number of hydrogen-bond donors (Lipinski definition) is 2. The van der Waals surface area contributed by atoms with Crippen LogP contribution in [-0.4, -0.2) is 6.54 Å². The molecule has 3 N–H and O–H groups in total. The summed E-state index contributed by atoms with van der Waals surface area (Å²) in [7, 11) is 0. The number of nitrogens with one attached hydrogen (secondary N) is 1. The maximum atomic E-state index is 13.5. The van der Waals surface area contributed by atoms with E-state index < -0.39 is 0 Å². The predicted molar refractivity (Wildman–Crippen MR) is 77.1 cm³/mol. The Morgan fingerprint density at radius 1 is 1.11 bits per heavy atom. The van der Waals surface area contributed by atoms with Gasteiger partial charge in [0.25, 0.3) is 0 Å². The summed E-state index contributed by atoms with van der Waals surface area (Å²) in [5, 5.41) is 3.03. The first-order chi connectivity index (χ1) is 8.66. The lowest BCUT2D eigenvalue weighted by Crippen LogP contribution is -2.08. The Labute approximate surface area is 114 Å². The standard InChI is InChI=1S/C14H14BrFN2/c15-11-6-4-10(5-7-11)8-9-18-14-12(16)2-1-3-13(14)17/h1-7,18H,8-9,17H2. The highest BCUT2D eigenvalue weighted by Crippen LogP contribution is 2.21. The van der Waals surface area contributed by atoms with Crippen molar-refractivity contribution >= 4 is 27.3 Å². The molecule has 0 fully saturated rings. The highest BCUT2D eigenvalue weighted by molar-refractivity contribution is 9.10. The average molecular weight is 309 g/mol. The van der Waals surface area contributed by atoms with Gasteiger partial charge in [-0.05, 0) is 36.2 Å². The van der Waals surface area contributed by atoms with E-state index >= 15 is 0 Å². The average Bonchev–Trinajstić information content (AvgIpc) is 2.35. The van der Waals surface area contributed by atoms with Gasteiger partial charge in [0.15, 0.2) is 0 Å². The third-order valence-corrected chi connectivity index (χ3v) is 3.20. The van der Waals surface area contributed by atoms with Crippen LogP contribution in [0.4, 0.5) is 15.8 Å². The van der Waals surface area contributed by atoms with Crippen molar-refractivity contribution in [1.29, 1.82) is 0 Å². The SMILES string of the molecule is Nc1cccc(F)c1NCCc1ccc(Br)cc1. The summed E-state index contributed by atoms with van der Waals surface area (Å²) < 4.78 is 14.5. The van der Waals surface area contributed by atoms with Crippen molar-refractivity contribution in [2.45, 2.75) is 6.42 Å². The van der Waals surface area contributed by atoms with E-state index in [2.05, 4.69) is 21.2 Å². The molecule has 0 spiro atoms. The molecule has 0 unspecified atom stereocenters. The monoisotopic (exact) mass is 308 g/mol. The molecule has 94 valence electrons. The number of nitrogen functional groups attached to an aromatic ring is 1. The molecule has 0 radical (unpaired) electrons. The van der Waals surface area contributed by atoms with Crippen molar-refractivity contribution in [3.8, 4) is 0 Å². The molecule has 0 saturated heterocycles. The zero-order valence-electron chi connectivity index (χ0n) is 9.79. The Balaban J connectivity index is 1.94. The summed E-state index contributed by atoms with van der Waals surface area (Å²) in [5.74, 6) is -0.314. The molecule has 2 rings (SSSR count). The number of nitrogens with two attached hydrogens (primary N) is 1. The topological polar surface area (TPSA) is 38.0 Å². The van der Waals surface area contributed by atoms with Gasteiger partial charge in [-0.1, -0.05) is 34.1 Å². The molecule has 0 saturated carbocycles. The molecule has 2 nitrogen and oxygen atoms in total. The largest absolute Gasteiger partial charge is 0.397 e. The molecule has 2 aromatic rings. The van der Waals surface area contributed by atoms with Crippen molar-refractivity contribution in [2.75, 3.05) is 17.6 Å². The van der Waals surface area contributed by atoms with Gasteiger partial charge in [-0.25, -0.2) is 4.39 Å². The van der Waals surface area contributed by atoms with Gasteiger partial charge in [-0.2, -0.15) is 0 Å². The Bertz CT molecular complexity index is 506. The minimum atomic E-state index is -0.314. The van der Waals surface area contributed by atoms with Gasteiger partial charge in [0.05, 0.1) is 11.4 Å². The maximum Gasteiger partial charge on any atom is 0.148 e. The van der Waals surface area contributed by atoms with E-state index in [0.717, 1.165) is 10.9 Å². The van der Waals surface area contributed by atoms with E-state index in [1.54, 1.807) is 12.1 Å². The second-order valence-electron chi connectivity index (χ2n) is 4.01. The molecule has 0 aliphatic carbocycles. The van der Waals surface area contributed by atoms with Crippen molar-refractivity contribution in [3.05, 3.63) is 58.3 Å². The second-order valence-corrected chi connectivity index (χ2v) is 4.92. The highest BCUT2D eigenvalue weighted by Gasteiger charge is 2.04. The quantitative estimate of drug-likeness (QED) is 0.843. The van der Waals surface area contributed by atoms with Crippen molar-refractivity contribution < 1.29 is 4.39 Å². The van der Waals surface area contributed by atoms with Gasteiger partial charge in [-0.15, -0.1) is 0 Å². The Hall–Kier alpha value is -1.55. The highest BCUT2D eigenvalue weighted by atomic mass is 79.9. The van der Waals surface area contributed by atoms with Gasteiger partial charge in [0, 0.05) is 11.0 Å². The molecule has 0 bridgehead atoms. The number of halogens is 2. The molecule has 0 atom stereocenters. The normalized spacial score (nSPS) is 10.3. The van der Waals surface area contributed by atoms with Gasteiger partial charge < -0.3 is 11.1 Å². The summed E-state index contributed by atoms with van der Waals surface area (Å²) in [6.45, 7) is 0.646. The van der Waals surface area contributed by atoms with E-state index in [1.807, 2.05) is 24.3 Å². The number of para-hydroxylation sites is 1. The number of anilines is 2. The van der Waals surface area contributed by atoms with Crippen LogP contribution in [0.3, 0.4) is 0 Å². The minimum absolute atomic E-state index is 0.314. The Kier molecular flexibility index (Phi) is 4.20. The minimum Gasteiger partial charge on any atom is -0.397 e. The third-order valence-electron chi connectivity index (χ3n) is 2.67. The summed E-state index contributed by atoms with van der Waals surface area (Å²) in [4.78, 5) is 0. The second kappa shape index (κ2) is 5.87. The lowest BCUT2D eigenvalue weighted by atomic mass is 10.1. The van der Waals surface area contributed by atoms with E-state index in [1.165, 1.54) is 11.6 Å². The van der Waals surface area contributed by atoms with Crippen LogP contribution in [-0.2, 0) is 6.42 Å². The number of benzene rings is 2. The predicted octanol–water partition coefficient (Wildman–Crippen LogP) is 3.83. The zero-order chi connectivity index (χ0) is 13.0. The lowest BCUT2D eigenvalue weighted by Gasteiger charge is -2.10. The summed E-state index contributed by atoms with van der Waals surface area (Å²) in [6, 6.07) is 12.8. The van der Waals surface area contributed by atoms with Gasteiger partial charge in [0.2, 0.25) is 0 Å². The van der Waals surface area contributed by atoms with Crippen molar-refractivity contribution in [3.63, 3.8) is 0 Å². The number of hydrogen-bond acceptors (Lipinski definition) is 2. The van der Waals surface area contributed by atoms with Gasteiger partial charge in [0.1, 0.15) is 5.82 Å². The molecule has 0 heterocycles. The lowest BCUT2D eigenvalue weighted by molar-refractivity contribution is 0.630. The summed E-state index contributed by atoms with van der Waals surface area (Å²) in [5.41, 5.74) is 7.73. The third kappa shape index (κ3) is 3.23. The molecule has 0 aliphatic heterocycles. The molecule has 0 aromatic heterocycles. The van der Waals surface area contributed by atoms with Crippen LogP contribution in [0.5, 0.6) is 0 Å². The number of rotatable bonds is 4. The first-order valence-corrected chi connectivity index (χ1v) is 6.48. The smallest absolute Gasteiger partial charge is 0.148 e. The van der Waals surface area contributed by atoms with Crippen LogP contribution in [0, 0.1) is 5.82 Å². The molecule has 0 amide bonds. The molecule has 2 aromatic carbocycles. The zero-order valence-corrected chi connectivity index (χ0v) is 11.4. The maximum absolute atomic E-state index is 13.5. The van der Waals surface area contributed by atoms with Crippen LogP contribution in [0.1, 0.15) is 5.56 Å². The van der Waals surface area contributed by atoms with E-state index in [0.29, 0.717) is 17.9 Å². The first-order valence-electron chi connectivity index (χ1n) is 5.69. The molecular formula is C14H14BrFN2. The van der Waals surface area contributed by atoms with Crippen molar-refractivity contribution in [2.24, 2.45) is 0 Å². The fraction of sp³-hybridized carbons (Fsp3) is 0.143. The summed E-state index contributed by atoms with van der Waals surface area (Å²) >= 11 is 3.39. The van der Waals surface area contributed by atoms with Gasteiger partial charge in [-0.3, -0.25) is 0 Å². The fourth-order valence-electron chi connectivity index (χ4n) is 1.71. The summed E-state index contributed by atoms with van der Waals surface area (Å²) in [6.07, 6.45) is 0.820. The van der Waals surface area contributed by atoms with Crippen LogP contribution in [0.2, 0.25) is 0 Å². The molecule has 0 aliphatic rings. The molecule has 18 heavy (non-hydrogen) atoms. The van der Waals surface area contributed by atoms with E-state index in [4.69, 9.17) is 5.73 Å². The molecule has 4 heteroatoms. The Morgan fingerprint density at radius 3 is 2.50 bits per heavy atom. The van der Waals surface area contributed by atoms with E-state index in [9.17, 15) is 4.39 Å². The van der Waals surface area contributed by atoms with Crippen LogP contribution in [0.15, 0.2) is 46.9 Å². The fourth-order valence-corrected chi connectivity index (χ4v) is 1.97. The first kappa shape index (κ1) is 12.9. The van der Waals surface area contributed by atoms with Crippen LogP contribution >= 0.6 is 15.9 Å². The van der Waals surface area contributed by atoms with Gasteiger partial charge >= 0.3 is 0 Å². The van der Waals surface area contributed by atoms with Crippen molar-refractivity contribution in [1.82, 2.24) is 0 Å². The van der Waals surface area contributed by atoms with E-state index in [-0.39, 0.29) is 5.82 Å². The van der Waals surface area contributed by atoms with Crippen LogP contribution in [0.25, 0.3) is 0 Å². The molecular weight excluding hydrogens is 295 g/mol. The Morgan fingerprint density at radius 2 is 1.83 bits per heavy atom. The van der Waals surface area contributed by atoms with Crippen LogP contribution < -0.4 is 11.1 Å².